The predicted octanol–water partition coefficient (Wildman–Crippen LogP) is 3.07. The van der Waals surface area contributed by atoms with E-state index in [2.05, 4.69) is 0 Å². The van der Waals surface area contributed by atoms with E-state index in [0.717, 1.165) is 11.1 Å². The molecular formula is C16H18FNO2. The van der Waals surface area contributed by atoms with E-state index in [1.54, 1.807) is 26.4 Å². The van der Waals surface area contributed by atoms with Crippen LogP contribution in [0.5, 0.6) is 11.5 Å². The Morgan fingerprint density at radius 1 is 0.900 bits per heavy atom. The minimum atomic E-state index is -0.743. The molecule has 0 aliphatic carbocycles. The van der Waals surface area contributed by atoms with Gasteiger partial charge >= 0.3 is 0 Å². The summed E-state index contributed by atoms with van der Waals surface area (Å²) >= 11 is 0. The lowest BCUT2D eigenvalue weighted by Crippen LogP contribution is -2.34. The van der Waals surface area contributed by atoms with Crippen LogP contribution in [-0.4, -0.2) is 14.2 Å². The van der Waals surface area contributed by atoms with Crippen molar-refractivity contribution in [3.63, 3.8) is 0 Å². The Kier molecular flexibility index (Phi) is 3.95. The first-order valence-corrected chi connectivity index (χ1v) is 6.26. The van der Waals surface area contributed by atoms with Gasteiger partial charge in [-0.15, -0.1) is 0 Å². The summed E-state index contributed by atoms with van der Waals surface area (Å²) in [6, 6.07) is 11.7. The summed E-state index contributed by atoms with van der Waals surface area (Å²) in [5.41, 5.74) is 7.35. The molecule has 0 aliphatic heterocycles. The molecule has 0 heterocycles. The summed E-state index contributed by atoms with van der Waals surface area (Å²) in [5, 5.41) is 0. The van der Waals surface area contributed by atoms with E-state index in [1.807, 2.05) is 25.1 Å². The maximum atomic E-state index is 13.0. The second-order valence-electron chi connectivity index (χ2n) is 4.78. The van der Waals surface area contributed by atoms with Gasteiger partial charge in [-0.05, 0) is 42.3 Å². The molecule has 0 aliphatic rings. The highest BCUT2D eigenvalue weighted by Crippen LogP contribution is 2.34. The number of benzene rings is 2. The number of methoxy groups -OCH3 is 2. The van der Waals surface area contributed by atoms with Crippen LogP contribution in [0.1, 0.15) is 18.1 Å². The monoisotopic (exact) mass is 275 g/mol. The summed E-state index contributed by atoms with van der Waals surface area (Å²) in [6.45, 7) is 1.88. The Morgan fingerprint density at radius 2 is 1.45 bits per heavy atom. The minimum Gasteiger partial charge on any atom is -0.493 e. The average Bonchev–Trinajstić information content (AvgIpc) is 2.46. The van der Waals surface area contributed by atoms with E-state index in [1.165, 1.54) is 12.1 Å². The summed E-state index contributed by atoms with van der Waals surface area (Å²) in [7, 11) is 3.16. The maximum absolute atomic E-state index is 13.0. The first kappa shape index (κ1) is 14.3. The van der Waals surface area contributed by atoms with Gasteiger partial charge in [-0.25, -0.2) is 4.39 Å². The van der Waals surface area contributed by atoms with Gasteiger partial charge in [-0.1, -0.05) is 18.2 Å². The van der Waals surface area contributed by atoms with Crippen molar-refractivity contribution in [1.82, 2.24) is 0 Å². The smallest absolute Gasteiger partial charge is 0.161 e. The van der Waals surface area contributed by atoms with Gasteiger partial charge in [0.2, 0.25) is 0 Å². The van der Waals surface area contributed by atoms with Crippen LogP contribution in [0.4, 0.5) is 4.39 Å². The fourth-order valence-electron chi connectivity index (χ4n) is 2.12. The lowest BCUT2D eigenvalue weighted by Gasteiger charge is -2.26. The predicted molar refractivity (Wildman–Crippen MR) is 76.6 cm³/mol. The SMILES string of the molecule is COc1ccc(C(C)(N)c2ccc(F)cc2)cc1OC. The molecule has 0 aromatic heterocycles. The van der Waals surface area contributed by atoms with Gasteiger partial charge in [0.25, 0.3) is 0 Å². The van der Waals surface area contributed by atoms with Gasteiger partial charge in [-0.3, -0.25) is 0 Å². The average molecular weight is 275 g/mol. The van der Waals surface area contributed by atoms with Crippen molar-refractivity contribution < 1.29 is 13.9 Å². The van der Waals surface area contributed by atoms with Gasteiger partial charge in [0.15, 0.2) is 11.5 Å². The molecule has 0 bridgehead atoms. The van der Waals surface area contributed by atoms with Gasteiger partial charge in [0, 0.05) is 0 Å². The number of halogens is 1. The van der Waals surface area contributed by atoms with Gasteiger partial charge in [0.05, 0.1) is 19.8 Å². The van der Waals surface area contributed by atoms with Crippen LogP contribution in [0.25, 0.3) is 0 Å². The van der Waals surface area contributed by atoms with Crippen LogP contribution in [0.2, 0.25) is 0 Å². The van der Waals surface area contributed by atoms with Crippen LogP contribution in [0, 0.1) is 5.82 Å². The summed E-state index contributed by atoms with van der Waals surface area (Å²) in [4.78, 5) is 0. The molecule has 0 amide bonds. The first-order valence-electron chi connectivity index (χ1n) is 6.26. The molecule has 0 saturated carbocycles. The maximum Gasteiger partial charge on any atom is 0.161 e. The zero-order valence-electron chi connectivity index (χ0n) is 11.8. The van der Waals surface area contributed by atoms with E-state index >= 15 is 0 Å². The molecule has 1 unspecified atom stereocenters. The number of ether oxygens (including phenoxy) is 2. The standard InChI is InChI=1S/C16H18FNO2/c1-16(18,11-4-7-13(17)8-5-11)12-6-9-14(19-2)15(10-12)20-3/h4-10H,18H2,1-3H3. The second kappa shape index (κ2) is 5.51. The van der Waals surface area contributed by atoms with E-state index in [-0.39, 0.29) is 5.82 Å². The molecule has 0 saturated heterocycles. The Balaban J connectivity index is 2.45. The van der Waals surface area contributed by atoms with Gasteiger partial charge < -0.3 is 15.2 Å². The van der Waals surface area contributed by atoms with Crippen molar-refractivity contribution in [2.45, 2.75) is 12.5 Å². The van der Waals surface area contributed by atoms with Crippen LogP contribution in [-0.2, 0) is 5.54 Å². The van der Waals surface area contributed by atoms with Crippen molar-refractivity contribution in [1.29, 1.82) is 0 Å². The number of rotatable bonds is 4. The van der Waals surface area contributed by atoms with Crippen molar-refractivity contribution in [2.75, 3.05) is 14.2 Å². The molecule has 0 spiro atoms. The Hall–Kier alpha value is -2.07. The fourth-order valence-corrected chi connectivity index (χ4v) is 2.12. The van der Waals surface area contributed by atoms with E-state index < -0.39 is 5.54 Å². The summed E-state index contributed by atoms with van der Waals surface area (Å²) in [6.07, 6.45) is 0. The fraction of sp³-hybridized carbons (Fsp3) is 0.250. The zero-order valence-corrected chi connectivity index (χ0v) is 11.8. The van der Waals surface area contributed by atoms with Crippen LogP contribution < -0.4 is 15.2 Å². The van der Waals surface area contributed by atoms with Crippen molar-refractivity contribution in [3.8, 4) is 11.5 Å². The lowest BCUT2D eigenvalue weighted by molar-refractivity contribution is 0.353. The van der Waals surface area contributed by atoms with Crippen LogP contribution in [0.3, 0.4) is 0 Å². The number of hydrogen-bond acceptors (Lipinski definition) is 3. The quantitative estimate of drug-likeness (QED) is 0.932. The second-order valence-corrected chi connectivity index (χ2v) is 4.78. The van der Waals surface area contributed by atoms with Gasteiger partial charge in [-0.2, -0.15) is 0 Å². The highest BCUT2D eigenvalue weighted by Gasteiger charge is 2.25. The van der Waals surface area contributed by atoms with Crippen LogP contribution >= 0.6 is 0 Å². The Morgan fingerprint density at radius 3 is 2.00 bits per heavy atom. The molecule has 2 aromatic carbocycles. The third-order valence-electron chi connectivity index (χ3n) is 3.43. The lowest BCUT2D eigenvalue weighted by atomic mass is 9.85. The van der Waals surface area contributed by atoms with Gasteiger partial charge in [0.1, 0.15) is 5.82 Å². The molecule has 3 nitrogen and oxygen atoms in total. The molecular weight excluding hydrogens is 257 g/mol. The summed E-state index contributed by atoms with van der Waals surface area (Å²) in [5.74, 6) is 0.979. The Labute approximate surface area is 118 Å². The molecule has 0 radical (unpaired) electrons. The minimum absolute atomic E-state index is 0.281. The van der Waals surface area contributed by atoms with E-state index in [0.29, 0.717) is 11.5 Å². The molecule has 1 atom stereocenters. The molecule has 106 valence electrons. The molecule has 2 N–H and O–H groups in total. The first-order chi connectivity index (χ1) is 9.48. The number of hydrogen-bond donors (Lipinski definition) is 1. The zero-order chi connectivity index (χ0) is 14.8. The summed E-state index contributed by atoms with van der Waals surface area (Å²) < 4.78 is 23.5. The largest absolute Gasteiger partial charge is 0.493 e. The van der Waals surface area contributed by atoms with Crippen molar-refractivity contribution in [3.05, 3.63) is 59.4 Å². The highest BCUT2D eigenvalue weighted by atomic mass is 19.1. The normalized spacial score (nSPS) is 13.7. The molecule has 20 heavy (non-hydrogen) atoms. The Bertz CT molecular complexity index is 594. The third-order valence-corrected chi connectivity index (χ3v) is 3.43. The topological polar surface area (TPSA) is 44.5 Å². The molecule has 2 aromatic rings. The van der Waals surface area contributed by atoms with Crippen molar-refractivity contribution in [2.24, 2.45) is 5.73 Å². The third kappa shape index (κ3) is 2.60. The highest BCUT2D eigenvalue weighted by molar-refractivity contribution is 5.47. The van der Waals surface area contributed by atoms with Crippen LogP contribution in [0.15, 0.2) is 42.5 Å². The molecule has 0 fully saturated rings. The van der Waals surface area contributed by atoms with Crippen molar-refractivity contribution >= 4 is 0 Å². The molecule has 2 rings (SSSR count). The molecule has 4 heteroatoms. The van der Waals surface area contributed by atoms with E-state index in [9.17, 15) is 4.39 Å². The van der Waals surface area contributed by atoms with E-state index in [4.69, 9.17) is 15.2 Å². The number of nitrogens with two attached hydrogens (primary N) is 1.